The Bertz CT molecular complexity index is 846. The maximum Gasteiger partial charge on any atom is 0.160 e. The lowest BCUT2D eigenvalue weighted by atomic mass is 9.88. The molecule has 1 fully saturated rings. The normalized spacial score (nSPS) is 20.1. The Morgan fingerprint density at radius 1 is 1.00 bits per heavy atom. The van der Waals surface area contributed by atoms with Gasteiger partial charge in [-0.1, -0.05) is 6.07 Å². The van der Waals surface area contributed by atoms with E-state index in [0.29, 0.717) is 11.8 Å². The Morgan fingerprint density at radius 3 is 2.57 bits per heavy atom. The van der Waals surface area contributed by atoms with E-state index in [9.17, 15) is 0 Å². The van der Waals surface area contributed by atoms with E-state index >= 15 is 0 Å². The van der Waals surface area contributed by atoms with Crippen molar-refractivity contribution in [1.82, 2.24) is 4.90 Å². The van der Waals surface area contributed by atoms with E-state index in [1.54, 1.807) is 14.2 Å². The van der Waals surface area contributed by atoms with Gasteiger partial charge in [-0.25, -0.2) is 0 Å². The van der Waals surface area contributed by atoms with Crippen LogP contribution in [-0.2, 0) is 0 Å². The van der Waals surface area contributed by atoms with Crippen LogP contribution in [-0.4, -0.2) is 45.4 Å². The summed E-state index contributed by atoms with van der Waals surface area (Å²) >= 11 is 0. The van der Waals surface area contributed by atoms with Crippen LogP contribution in [0.4, 0.5) is 5.69 Å². The van der Waals surface area contributed by atoms with Gasteiger partial charge in [-0.05, 0) is 105 Å². The van der Waals surface area contributed by atoms with Crippen LogP contribution in [0.3, 0.4) is 0 Å². The molecule has 0 saturated carbocycles. The van der Waals surface area contributed by atoms with Crippen LogP contribution in [0.2, 0.25) is 0 Å². The first-order chi connectivity index (χ1) is 14.7. The third-order valence-electron chi connectivity index (χ3n) is 6.69. The Balaban J connectivity index is 1.33. The zero-order chi connectivity index (χ0) is 20.9. The number of benzene rings is 2. The molecule has 30 heavy (non-hydrogen) atoms. The van der Waals surface area contributed by atoms with Crippen LogP contribution >= 0.6 is 0 Å². The van der Waals surface area contributed by atoms with Gasteiger partial charge < -0.3 is 24.8 Å². The molecule has 0 bridgehead atoms. The van der Waals surface area contributed by atoms with Crippen molar-refractivity contribution in [1.29, 1.82) is 0 Å². The number of hydrogen-bond donors (Lipinski definition) is 1. The van der Waals surface area contributed by atoms with E-state index in [1.165, 1.54) is 36.8 Å². The van der Waals surface area contributed by atoms with Gasteiger partial charge in [0.05, 0.1) is 20.8 Å². The second-order valence-electron chi connectivity index (χ2n) is 8.50. The van der Waals surface area contributed by atoms with Crippen LogP contribution < -0.4 is 19.9 Å². The van der Waals surface area contributed by atoms with Gasteiger partial charge in [0, 0.05) is 5.69 Å². The van der Waals surface area contributed by atoms with Gasteiger partial charge >= 0.3 is 0 Å². The van der Waals surface area contributed by atoms with Crippen molar-refractivity contribution >= 4 is 5.69 Å². The summed E-state index contributed by atoms with van der Waals surface area (Å²) in [6.45, 7) is 4.24. The Labute approximate surface area is 180 Å². The summed E-state index contributed by atoms with van der Waals surface area (Å²) in [5.41, 5.74) is 9.55. The van der Waals surface area contributed by atoms with Crippen LogP contribution in [0.25, 0.3) is 0 Å². The van der Waals surface area contributed by atoms with Crippen molar-refractivity contribution in [2.75, 3.05) is 46.2 Å². The molecule has 5 nitrogen and oxygen atoms in total. The van der Waals surface area contributed by atoms with Crippen LogP contribution in [0, 0.1) is 0 Å². The fourth-order valence-corrected chi connectivity index (χ4v) is 4.92. The van der Waals surface area contributed by atoms with Gasteiger partial charge in [-0.15, -0.1) is 0 Å². The molecule has 1 unspecified atom stereocenters. The highest BCUT2D eigenvalue weighted by Gasteiger charge is 2.24. The molecular weight excluding hydrogens is 376 g/mol. The monoisotopic (exact) mass is 410 g/mol. The van der Waals surface area contributed by atoms with Crippen LogP contribution in [0.15, 0.2) is 36.4 Å². The average Bonchev–Trinajstić information content (AvgIpc) is 2.99. The summed E-state index contributed by atoms with van der Waals surface area (Å²) in [5.74, 6) is 3.78. The molecule has 5 heteroatoms. The minimum Gasteiger partial charge on any atom is -0.493 e. The van der Waals surface area contributed by atoms with Gasteiger partial charge in [0.25, 0.3) is 0 Å². The number of nitrogens with zero attached hydrogens (tertiary/aromatic N) is 1. The minimum atomic E-state index is 0.537. The highest BCUT2D eigenvalue weighted by Crippen LogP contribution is 2.38. The SMILES string of the molecule is COc1ccc(C2CCN(CCC3CCCOc4ccc(N)cc43)CC2)cc1OC. The Hall–Kier alpha value is -2.40. The van der Waals surface area contributed by atoms with Crippen molar-refractivity contribution in [3.8, 4) is 17.2 Å². The topological polar surface area (TPSA) is 57.0 Å². The summed E-state index contributed by atoms with van der Waals surface area (Å²) in [4.78, 5) is 2.62. The standard InChI is InChI=1S/C25H34N2O3/c1-28-24-7-5-20(16-25(24)29-2)18-9-12-27(13-10-18)14-11-19-4-3-15-30-23-8-6-21(26)17-22(19)23/h5-8,16-19H,3-4,9-15,26H2,1-2H3. The van der Waals surface area contributed by atoms with Crippen molar-refractivity contribution in [3.05, 3.63) is 47.5 Å². The fraction of sp³-hybridized carbons (Fsp3) is 0.520. The maximum atomic E-state index is 6.06. The third-order valence-corrected chi connectivity index (χ3v) is 6.69. The smallest absolute Gasteiger partial charge is 0.160 e. The average molecular weight is 411 g/mol. The number of likely N-dealkylation sites (tertiary alicyclic amines) is 1. The van der Waals surface area contributed by atoms with Gasteiger partial charge in [-0.2, -0.15) is 0 Å². The van der Waals surface area contributed by atoms with Gasteiger partial charge in [0.15, 0.2) is 11.5 Å². The van der Waals surface area contributed by atoms with E-state index in [4.69, 9.17) is 19.9 Å². The third kappa shape index (κ3) is 4.67. The number of fused-ring (bicyclic) bond motifs is 1. The summed E-state index contributed by atoms with van der Waals surface area (Å²) in [6.07, 6.45) is 5.83. The van der Waals surface area contributed by atoms with Crippen molar-refractivity contribution in [2.24, 2.45) is 0 Å². The first kappa shape index (κ1) is 20.9. The molecule has 4 rings (SSSR count). The molecule has 1 atom stereocenters. The van der Waals surface area contributed by atoms with Crippen molar-refractivity contribution < 1.29 is 14.2 Å². The first-order valence-corrected chi connectivity index (χ1v) is 11.1. The molecule has 1 saturated heterocycles. The molecule has 0 amide bonds. The molecule has 2 aliphatic rings. The van der Waals surface area contributed by atoms with Gasteiger partial charge in [0.1, 0.15) is 5.75 Å². The largest absolute Gasteiger partial charge is 0.493 e. The second kappa shape index (κ2) is 9.61. The number of methoxy groups -OCH3 is 2. The molecule has 2 aromatic carbocycles. The molecule has 0 aliphatic carbocycles. The number of anilines is 1. The van der Waals surface area contributed by atoms with Crippen molar-refractivity contribution in [3.63, 3.8) is 0 Å². The lowest BCUT2D eigenvalue weighted by Crippen LogP contribution is -2.34. The Kier molecular flexibility index (Phi) is 6.68. The molecule has 0 spiro atoms. The predicted octanol–water partition coefficient (Wildman–Crippen LogP) is 4.81. The van der Waals surface area contributed by atoms with Crippen molar-refractivity contribution in [2.45, 2.75) is 43.9 Å². The molecule has 2 aromatic rings. The number of nitrogens with two attached hydrogens (primary N) is 1. The van der Waals surface area contributed by atoms with E-state index in [-0.39, 0.29) is 0 Å². The number of ether oxygens (including phenoxy) is 3. The van der Waals surface area contributed by atoms with E-state index < -0.39 is 0 Å². The quantitative estimate of drug-likeness (QED) is 0.693. The number of piperidine rings is 1. The number of hydrogen-bond acceptors (Lipinski definition) is 5. The molecular formula is C25H34N2O3. The zero-order valence-electron chi connectivity index (χ0n) is 18.2. The maximum absolute atomic E-state index is 6.06. The van der Waals surface area contributed by atoms with Crippen LogP contribution in [0.5, 0.6) is 17.2 Å². The summed E-state index contributed by atoms with van der Waals surface area (Å²) in [6, 6.07) is 12.5. The highest BCUT2D eigenvalue weighted by molar-refractivity contribution is 5.49. The highest BCUT2D eigenvalue weighted by atomic mass is 16.5. The molecule has 2 aliphatic heterocycles. The summed E-state index contributed by atoms with van der Waals surface area (Å²) < 4.78 is 16.8. The summed E-state index contributed by atoms with van der Waals surface area (Å²) in [5, 5.41) is 0. The Morgan fingerprint density at radius 2 is 1.80 bits per heavy atom. The zero-order valence-corrected chi connectivity index (χ0v) is 18.2. The summed E-state index contributed by atoms with van der Waals surface area (Å²) in [7, 11) is 3.39. The molecule has 162 valence electrons. The van der Waals surface area contributed by atoms with Gasteiger partial charge in [0.2, 0.25) is 0 Å². The van der Waals surface area contributed by atoms with E-state index in [1.807, 2.05) is 18.2 Å². The molecule has 0 aromatic heterocycles. The van der Waals surface area contributed by atoms with Gasteiger partial charge in [-0.3, -0.25) is 0 Å². The number of rotatable bonds is 6. The second-order valence-corrected chi connectivity index (χ2v) is 8.50. The van der Waals surface area contributed by atoms with E-state index in [0.717, 1.165) is 55.6 Å². The predicted molar refractivity (Wildman–Crippen MR) is 121 cm³/mol. The lowest BCUT2D eigenvalue weighted by molar-refractivity contribution is 0.204. The first-order valence-electron chi connectivity index (χ1n) is 11.1. The molecule has 2 N–H and O–H groups in total. The van der Waals surface area contributed by atoms with E-state index in [2.05, 4.69) is 23.1 Å². The lowest BCUT2D eigenvalue weighted by Gasteiger charge is -2.33. The fourth-order valence-electron chi connectivity index (χ4n) is 4.92. The van der Waals surface area contributed by atoms with Crippen LogP contribution in [0.1, 0.15) is 55.1 Å². The number of nitrogen functional groups attached to an aromatic ring is 1. The minimum absolute atomic E-state index is 0.537. The molecule has 2 heterocycles. The molecule has 0 radical (unpaired) electrons.